The third-order valence-electron chi connectivity index (χ3n) is 6.85. The third kappa shape index (κ3) is 3.60. The number of hydrogen-bond acceptors (Lipinski definition) is 3. The van der Waals surface area contributed by atoms with Gasteiger partial charge in [0.25, 0.3) is 0 Å². The molecule has 1 heterocycles. The highest BCUT2D eigenvalue weighted by atomic mass is 32.1. The monoisotopic (exact) mass is 422 g/mol. The van der Waals surface area contributed by atoms with Crippen LogP contribution < -0.4 is 10.6 Å². The number of benzene rings is 2. The average Bonchev–Trinajstić information content (AvgIpc) is 2.97. The van der Waals surface area contributed by atoms with Crippen LogP contribution in [-0.2, 0) is 22.0 Å². The van der Waals surface area contributed by atoms with Crippen molar-refractivity contribution in [2.75, 3.05) is 0 Å². The molecule has 2 aliphatic rings. The molecule has 5 heteroatoms. The molecular weight excluding hydrogens is 392 g/mol. The van der Waals surface area contributed by atoms with Crippen LogP contribution in [0.25, 0.3) is 11.1 Å². The third-order valence-corrected chi connectivity index (χ3v) is 7.07. The van der Waals surface area contributed by atoms with E-state index in [0.717, 1.165) is 28.7 Å². The molecule has 4 nitrogen and oxygen atoms in total. The highest BCUT2D eigenvalue weighted by Crippen LogP contribution is 2.48. The first-order valence-corrected chi connectivity index (χ1v) is 11.0. The van der Waals surface area contributed by atoms with Gasteiger partial charge in [-0.05, 0) is 88.8 Å². The van der Waals surface area contributed by atoms with Crippen LogP contribution in [0.3, 0.4) is 0 Å². The number of carbonyl (C=O) groups excluding carboxylic acids is 1. The molecule has 1 unspecified atom stereocenters. The standard InChI is InChI=1S/C25H30N2O2S/c1-14-10-18-19(25(4,5)9-8-24(18,2)3)13-16(14)17-11-15(6-7-21(17)28)12-20-22(29)27-23(30)26-20/h6-7,10-11,13,20,28H,8-9,12H2,1-5H3,(H2,26,27,29,30). The van der Waals surface area contributed by atoms with Crippen molar-refractivity contribution in [1.29, 1.82) is 0 Å². The lowest BCUT2D eigenvalue weighted by Crippen LogP contribution is -2.34. The minimum atomic E-state index is -0.376. The van der Waals surface area contributed by atoms with Crippen LogP contribution in [0, 0.1) is 6.92 Å². The fourth-order valence-electron chi connectivity index (χ4n) is 4.78. The molecule has 1 fully saturated rings. The Labute approximate surface area is 184 Å². The first-order chi connectivity index (χ1) is 14.0. The first-order valence-electron chi connectivity index (χ1n) is 10.6. The Morgan fingerprint density at radius 2 is 1.67 bits per heavy atom. The van der Waals surface area contributed by atoms with Crippen molar-refractivity contribution in [1.82, 2.24) is 10.6 Å². The molecule has 1 aliphatic heterocycles. The zero-order chi connectivity index (χ0) is 21.8. The van der Waals surface area contributed by atoms with E-state index < -0.39 is 0 Å². The van der Waals surface area contributed by atoms with Gasteiger partial charge >= 0.3 is 0 Å². The van der Waals surface area contributed by atoms with Gasteiger partial charge in [-0.3, -0.25) is 4.79 Å². The minimum Gasteiger partial charge on any atom is -0.507 e. The second kappa shape index (κ2) is 7.09. The maximum absolute atomic E-state index is 12.0. The molecular formula is C25H30N2O2S. The molecule has 0 bridgehead atoms. The molecule has 158 valence electrons. The fourth-order valence-corrected chi connectivity index (χ4v) is 5.02. The van der Waals surface area contributed by atoms with Crippen molar-refractivity contribution in [3.8, 4) is 16.9 Å². The molecule has 3 N–H and O–H groups in total. The Kier molecular flexibility index (Phi) is 4.93. The van der Waals surface area contributed by atoms with E-state index in [0.29, 0.717) is 11.5 Å². The van der Waals surface area contributed by atoms with E-state index in [2.05, 4.69) is 57.4 Å². The van der Waals surface area contributed by atoms with Gasteiger partial charge < -0.3 is 15.7 Å². The summed E-state index contributed by atoms with van der Waals surface area (Å²) in [5.74, 6) is 0.151. The van der Waals surface area contributed by atoms with Crippen molar-refractivity contribution in [2.24, 2.45) is 0 Å². The van der Waals surface area contributed by atoms with Gasteiger partial charge in [-0.2, -0.15) is 0 Å². The summed E-state index contributed by atoms with van der Waals surface area (Å²) in [6.07, 6.45) is 2.83. The van der Waals surface area contributed by atoms with Crippen LogP contribution in [0.5, 0.6) is 5.75 Å². The lowest BCUT2D eigenvalue weighted by atomic mass is 9.62. The number of aromatic hydroxyl groups is 1. The highest BCUT2D eigenvalue weighted by molar-refractivity contribution is 7.80. The van der Waals surface area contributed by atoms with Crippen molar-refractivity contribution in [2.45, 2.75) is 70.8 Å². The molecule has 0 aromatic heterocycles. The SMILES string of the molecule is Cc1cc2c(cc1-c1cc(CC3NC(=S)NC3=O)ccc1O)C(C)(C)CCC2(C)C. The van der Waals surface area contributed by atoms with Crippen molar-refractivity contribution in [3.05, 3.63) is 52.6 Å². The second-order valence-electron chi connectivity index (χ2n) is 10.1. The lowest BCUT2D eigenvalue weighted by molar-refractivity contribution is -0.120. The molecule has 2 aromatic rings. The first kappa shape index (κ1) is 20.9. The molecule has 30 heavy (non-hydrogen) atoms. The predicted molar refractivity (Wildman–Crippen MR) is 125 cm³/mol. The molecule has 1 aliphatic carbocycles. The molecule has 0 saturated carbocycles. The Bertz CT molecular complexity index is 1060. The molecule has 0 spiro atoms. The highest BCUT2D eigenvalue weighted by Gasteiger charge is 2.37. The summed E-state index contributed by atoms with van der Waals surface area (Å²) in [4.78, 5) is 12.0. The van der Waals surface area contributed by atoms with Gasteiger partial charge in [-0.1, -0.05) is 39.8 Å². The minimum absolute atomic E-state index is 0.0993. The number of thiocarbonyl (C=S) groups is 1. The Hall–Kier alpha value is -2.40. The van der Waals surface area contributed by atoms with Gasteiger partial charge in [-0.25, -0.2) is 0 Å². The number of nitrogens with one attached hydrogen (secondary N) is 2. The zero-order valence-electron chi connectivity index (χ0n) is 18.3. The summed E-state index contributed by atoms with van der Waals surface area (Å²) in [5.41, 5.74) is 7.04. The van der Waals surface area contributed by atoms with Gasteiger partial charge in [-0.15, -0.1) is 0 Å². The smallest absolute Gasteiger partial charge is 0.249 e. The molecule has 1 amide bonds. The van der Waals surface area contributed by atoms with Crippen LogP contribution in [0.1, 0.15) is 62.8 Å². The maximum Gasteiger partial charge on any atom is 0.249 e. The van der Waals surface area contributed by atoms with Crippen LogP contribution in [-0.4, -0.2) is 22.2 Å². The fraction of sp³-hybridized carbons (Fsp3) is 0.440. The Morgan fingerprint density at radius 3 is 2.27 bits per heavy atom. The van der Waals surface area contributed by atoms with Gasteiger partial charge in [0.05, 0.1) is 0 Å². The summed E-state index contributed by atoms with van der Waals surface area (Å²) in [7, 11) is 0. The summed E-state index contributed by atoms with van der Waals surface area (Å²) < 4.78 is 0. The average molecular weight is 423 g/mol. The number of phenolic OH excluding ortho intramolecular Hbond substituents is 1. The summed E-state index contributed by atoms with van der Waals surface area (Å²) >= 11 is 5.04. The largest absolute Gasteiger partial charge is 0.507 e. The molecule has 1 saturated heterocycles. The van der Waals surface area contributed by atoms with Crippen molar-refractivity contribution in [3.63, 3.8) is 0 Å². The second-order valence-corrected chi connectivity index (χ2v) is 10.5. The van der Waals surface area contributed by atoms with E-state index in [4.69, 9.17) is 12.2 Å². The number of rotatable bonds is 3. The van der Waals surface area contributed by atoms with E-state index in [-0.39, 0.29) is 28.5 Å². The van der Waals surface area contributed by atoms with Crippen LogP contribution >= 0.6 is 12.2 Å². The topological polar surface area (TPSA) is 61.4 Å². The normalized spacial score (nSPS) is 21.7. The quantitative estimate of drug-likeness (QED) is 0.631. The van der Waals surface area contributed by atoms with E-state index in [1.807, 2.05) is 12.1 Å². The van der Waals surface area contributed by atoms with Gasteiger partial charge in [0.15, 0.2) is 5.11 Å². The molecule has 1 atom stereocenters. The van der Waals surface area contributed by atoms with Gasteiger partial charge in [0.2, 0.25) is 5.91 Å². The van der Waals surface area contributed by atoms with E-state index >= 15 is 0 Å². The van der Waals surface area contributed by atoms with Crippen LogP contribution in [0.4, 0.5) is 0 Å². The number of phenols is 1. The van der Waals surface area contributed by atoms with E-state index in [1.54, 1.807) is 6.07 Å². The maximum atomic E-state index is 12.0. The number of aryl methyl sites for hydroxylation is 1. The Balaban J connectivity index is 1.77. The van der Waals surface area contributed by atoms with Gasteiger partial charge in [0.1, 0.15) is 11.8 Å². The number of hydrogen-bond donors (Lipinski definition) is 3. The Morgan fingerprint density at radius 1 is 1.03 bits per heavy atom. The zero-order valence-corrected chi connectivity index (χ0v) is 19.2. The predicted octanol–water partition coefficient (Wildman–Crippen LogP) is 4.63. The van der Waals surface area contributed by atoms with Crippen LogP contribution in [0.15, 0.2) is 30.3 Å². The number of carbonyl (C=O) groups is 1. The number of amides is 1. The lowest BCUT2D eigenvalue weighted by Gasteiger charge is -2.42. The molecule has 4 rings (SSSR count). The van der Waals surface area contributed by atoms with Gasteiger partial charge in [0, 0.05) is 12.0 Å². The van der Waals surface area contributed by atoms with E-state index in [9.17, 15) is 9.90 Å². The molecule has 2 aromatic carbocycles. The summed E-state index contributed by atoms with van der Waals surface area (Å²) in [5, 5.41) is 16.7. The van der Waals surface area contributed by atoms with Crippen molar-refractivity contribution < 1.29 is 9.90 Å². The molecule has 0 radical (unpaired) electrons. The summed E-state index contributed by atoms with van der Waals surface area (Å²) in [6.45, 7) is 11.4. The van der Waals surface area contributed by atoms with Crippen molar-refractivity contribution >= 4 is 23.2 Å². The number of fused-ring (bicyclic) bond motifs is 1. The summed E-state index contributed by atoms with van der Waals surface area (Å²) in [6, 6.07) is 9.81. The van der Waals surface area contributed by atoms with Crippen LogP contribution in [0.2, 0.25) is 0 Å². The van der Waals surface area contributed by atoms with E-state index in [1.165, 1.54) is 17.5 Å².